The van der Waals surface area contributed by atoms with Crippen molar-refractivity contribution < 1.29 is 8.42 Å². The van der Waals surface area contributed by atoms with Crippen LogP contribution in [0, 0.1) is 0 Å². The van der Waals surface area contributed by atoms with Gasteiger partial charge in [-0.3, -0.25) is 5.10 Å². The number of aromatic amines is 1. The smallest absolute Gasteiger partial charge is 0.257 e. The van der Waals surface area contributed by atoms with E-state index in [1.807, 2.05) is 6.26 Å². The summed E-state index contributed by atoms with van der Waals surface area (Å²) in [6.45, 7) is 4.67. The predicted octanol–water partition coefficient (Wildman–Crippen LogP) is 1.07. The highest BCUT2D eigenvalue weighted by Gasteiger charge is 2.28. The minimum atomic E-state index is -3.58. The average molecular weight is 306 g/mol. The summed E-state index contributed by atoms with van der Waals surface area (Å²) in [6.07, 6.45) is 5.25. The Hall–Kier alpha value is -0.570. The summed E-state index contributed by atoms with van der Waals surface area (Å²) < 4.78 is 27.0. The van der Waals surface area contributed by atoms with Crippen molar-refractivity contribution in [2.45, 2.75) is 43.0 Å². The first kappa shape index (κ1) is 16.5. The molecule has 0 aliphatic carbocycles. The van der Waals surface area contributed by atoms with E-state index in [2.05, 4.69) is 28.8 Å². The van der Waals surface area contributed by atoms with Gasteiger partial charge in [-0.1, -0.05) is 13.8 Å². The molecule has 0 amide bonds. The molecule has 6 nitrogen and oxygen atoms in total. The number of thioether (sulfide) groups is 1. The highest BCUT2D eigenvalue weighted by atomic mass is 32.2. The normalized spacial score (nSPS) is 12.8. The van der Waals surface area contributed by atoms with Gasteiger partial charge in [-0.15, -0.1) is 0 Å². The van der Waals surface area contributed by atoms with E-state index in [9.17, 15) is 8.42 Å². The zero-order valence-electron chi connectivity index (χ0n) is 11.6. The standard InChI is InChI=1S/C11H22N4O2S2/c1-4-11(5-2,18-3)8-14-19(16,17)10-9(6-12)7-13-15-10/h7,14H,4-6,8,12H2,1-3H3,(H,13,15). The maximum absolute atomic E-state index is 12.2. The van der Waals surface area contributed by atoms with Gasteiger partial charge in [0.2, 0.25) is 0 Å². The second-order valence-electron chi connectivity index (χ2n) is 4.35. The molecule has 110 valence electrons. The van der Waals surface area contributed by atoms with Crippen LogP contribution in [0.3, 0.4) is 0 Å². The second kappa shape index (κ2) is 6.74. The zero-order valence-corrected chi connectivity index (χ0v) is 13.2. The van der Waals surface area contributed by atoms with Gasteiger partial charge >= 0.3 is 0 Å². The van der Waals surface area contributed by atoms with Crippen LogP contribution in [0.25, 0.3) is 0 Å². The first-order valence-electron chi connectivity index (χ1n) is 6.21. The van der Waals surface area contributed by atoms with Crippen LogP contribution in [0.4, 0.5) is 0 Å². The van der Waals surface area contributed by atoms with Crippen LogP contribution in [-0.4, -0.2) is 36.2 Å². The van der Waals surface area contributed by atoms with Crippen LogP contribution >= 0.6 is 11.8 Å². The van der Waals surface area contributed by atoms with Gasteiger partial charge in [-0.25, -0.2) is 13.1 Å². The Balaban J connectivity index is 2.87. The lowest BCUT2D eigenvalue weighted by Gasteiger charge is -2.29. The predicted molar refractivity (Wildman–Crippen MR) is 78.5 cm³/mol. The van der Waals surface area contributed by atoms with Gasteiger partial charge < -0.3 is 5.73 Å². The maximum Gasteiger partial charge on any atom is 0.257 e. The summed E-state index contributed by atoms with van der Waals surface area (Å²) in [5.74, 6) is 0. The monoisotopic (exact) mass is 306 g/mol. The summed E-state index contributed by atoms with van der Waals surface area (Å²) >= 11 is 1.69. The Bertz CT molecular complexity index is 486. The topological polar surface area (TPSA) is 101 Å². The Morgan fingerprint density at radius 2 is 2.11 bits per heavy atom. The highest BCUT2D eigenvalue weighted by molar-refractivity contribution is 8.00. The first-order chi connectivity index (χ1) is 8.94. The molecule has 0 saturated heterocycles. The van der Waals surface area contributed by atoms with E-state index >= 15 is 0 Å². The van der Waals surface area contributed by atoms with E-state index in [0.717, 1.165) is 12.8 Å². The van der Waals surface area contributed by atoms with Crippen molar-refractivity contribution in [3.63, 3.8) is 0 Å². The summed E-state index contributed by atoms with van der Waals surface area (Å²) in [5, 5.41) is 6.30. The van der Waals surface area contributed by atoms with Gasteiger partial charge in [0.15, 0.2) is 5.03 Å². The Labute approximate surface area is 119 Å². The number of hydrogen-bond donors (Lipinski definition) is 3. The molecule has 0 aromatic carbocycles. The van der Waals surface area contributed by atoms with E-state index in [1.165, 1.54) is 6.20 Å². The van der Waals surface area contributed by atoms with Gasteiger partial charge in [-0.05, 0) is 19.1 Å². The molecule has 1 aromatic heterocycles. The van der Waals surface area contributed by atoms with Gasteiger partial charge in [-0.2, -0.15) is 16.9 Å². The molecule has 19 heavy (non-hydrogen) atoms. The van der Waals surface area contributed by atoms with Crippen molar-refractivity contribution in [3.8, 4) is 0 Å². The van der Waals surface area contributed by atoms with E-state index in [4.69, 9.17) is 5.73 Å². The third-order valence-electron chi connectivity index (χ3n) is 3.47. The van der Waals surface area contributed by atoms with Crippen LogP contribution in [0.5, 0.6) is 0 Å². The van der Waals surface area contributed by atoms with E-state index in [-0.39, 0.29) is 16.3 Å². The number of nitrogens with one attached hydrogen (secondary N) is 2. The Morgan fingerprint density at radius 3 is 2.58 bits per heavy atom. The van der Waals surface area contributed by atoms with E-state index in [1.54, 1.807) is 11.8 Å². The minimum absolute atomic E-state index is 0.0669. The van der Waals surface area contributed by atoms with Gasteiger partial charge in [0.25, 0.3) is 10.0 Å². The molecule has 0 unspecified atom stereocenters. The maximum atomic E-state index is 12.2. The van der Waals surface area contributed by atoms with Crippen molar-refractivity contribution in [3.05, 3.63) is 11.8 Å². The second-order valence-corrected chi connectivity index (χ2v) is 7.33. The lowest BCUT2D eigenvalue weighted by molar-refractivity contribution is 0.520. The summed E-state index contributed by atoms with van der Waals surface area (Å²) in [5.41, 5.74) is 5.99. The molecule has 0 bridgehead atoms. The summed E-state index contributed by atoms with van der Waals surface area (Å²) in [7, 11) is -3.58. The number of nitrogens with zero attached hydrogens (tertiary/aromatic N) is 1. The highest BCUT2D eigenvalue weighted by Crippen LogP contribution is 2.30. The van der Waals surface area contributed by atoms with Crippen molar-refractivity contribution in [2.24, 2.45) is 5.73 Å². The number of hydrogen-bond acceptors (Lipinski definition) is 5. The molecule has 0 spiro atoms. The van der Waals surface area contributed by atoms with Gasteiger partial charge in [0.1, 0.15) is 0 Å². The Morgan fingerprint density at radius 1 is 1.47 bits per heavy atom. The fourth-order valence-corrected chi connectivity index (χ4v) is 3.99. The molecule has 1 aromatic rings. The van der Waals surface area contributed by atoms with E-state index in [0.29, 0.717) is 12.1 Å². The first-order valence-corrected chi connectivity index (χ1v) is 8.92. The van der Waals surface area contributed by atoms with Crippen molar-refractivity contribution in [2.75, 3.05) is 12.8 Å². The molecule has 0 aliphatic heterocycles. The molecule has 8 heteroatoms. The lowest BCUT2D eigenvalue weighted by Crippen LogP contribution is -2.40. The molecular formula is C11H22N4O2S2. The van der Waals surface area contributed by atoms with Gasteiger partial charge in [0.05, 0.1) is 6.20 Å². The number of H-pyrrole nitrogens is 1. The minimum Gasteiger partial charge on any atom is -0.326 e. The van der Waals surface area contributed by atoms with Crippen molar-refractivity contribution in [1.29, 1.82) is 0 Å². The molecule has 0 saturated carbocycles. The van der Waals surface area contributed by atoms with Crippen LogP contribution in [-0.2, 0) is 16.6 Å². The lowest BCUT2D eigenvalue weighted by atomic mass is 10.0. The molecule has 1 rings (SSSR count). The quantitative estimate of drug-likeness (QED) is 0.667. The number of aromatic nitrogens is 2. The average Bonchev–Trinajstić information content (AvgIpc) is 2.90. The fourth-order valence-electron chi connectivity index (χ4n) is 1.84. The molecule has 0 atom stereocenters. The number of rotatable bonds is 8. The molecule has 4 N–H and O–H groups in total. The Kier molecular flexibility index (Phi) is 5.84. The number of nitrogens with two attached hydrogens (primary N) is 1. The van der Waals surface area contributed by atoms with Crippen molar-refractivity contribution in [1.82, 2.24) is 14.9 Å². The summed E-state index contributed by atoms with van der Waals surface area (Å²) in [6, 6.07) is 0. The largest absolute Gasteiger partial charge is 0.326 e. The van der Waals surface area contributed by atoms with Crippen molar-refractivity contribution >= 4 is 21.8 Å². The molecule has 1 heterocycles. The third-order valence-corrected chi connectivity index (χ3v) is 6.48. The zero-order chi connectivity index (χ0) is 14.5. The van der Waals surface area contributed by atoms with E-state index < -0.39 is 10.0 Å². The fraction of sp³-hybridized carbons (Fsp3) is 0.727. The summed E-state index contributed by atoms with van der Waals surface area (Å²) in [4.78, 5) is 0. The molecule has 0 aliphatic rings. The third kappa shape index (κ3) is 3.71. The van der Waals surface area contributed by atoms with Crippen LogP contribution in [0.2, 0.25) is 0 Å². The van der Waals surface area contributed by atoms with Gasteiger partial charge in [0, 0.05) is 23.4 Å². The van der Waals surface area contributed by atoms with Crippen LogP contribution in [0.15, 0.2) is 11.2 Å². The van der Waals surface area contributed by atoms with Crippen LogP contribution in [0.1, 0.15) is 32.3 Å². The number of sulfonamides is 1. The molecular weight excluding hydrogens is 284 g/mol. The van der Waals surface area contributed by atoms with Crippen LogP contribution < -0.4 is 10.5 Å². The SMILES string of the molecule is CCC(CC)(CNS(=O)(=O)c1[nH]ncc1CN)SC. The molecule has 0 fully saturated rings. The molecule has 0 radical (unpaired) electrons.